The van der Waals surface area contributed by atoms with Crippen LogP contribution < -0.4 is 10.6 Å². The van der Waals surface area contributed by atoms with Crippen LogP contribution in [0.2, 0.25) is 0 Å². The minimum Gasteiger partial charge on any atom is -0.393 e. The van der Waals surface area contributed by atoms with E-state index in [1.165, 1.54) is 5.56 Å². The summed E-state index contributed by atoms with van der Waals surface area (Å²) in [5, 5.41) is 16.8. The second-order valence-electron chi connectivity index (χ2n) is 8.40. The van der Waals surface area contributed by atoms with Gasteiger partial charge in [-0.25, -0.2) is 4.98 Å². The molecule has 31 heavy (non-hydrogen) atoms. The predicted molar refractivity (Wildman–Crippen MR) is 127 cm³/mol. The molecule has 3 rings (SSSR count). The lowest BCUT2D eigenvalue weighted by molar-refractivity contribution is 0.126. The van der Waals surface area contributed by atoms with Gasteiger partial charge in [0.1, 0.15) is 5.82 Å². The molecule has 7 heteroatoms. The molecule has 1 aliphatic carbocycles. The van der Waals surface area contributed by atoms with E-state index in [0.717, 1.165) is 81.8 Å². The van der Waals surface area contributed by atoms with Gasteiger partial charge in [0.05, 0.1) is 17.4 Å². The molecule has 1 fully saturated rings. The SMILES string of the molecule is CCCCNc1ncc(-c2ccc(CN(CC)CC)cn2)c(NC2CCC(O)CC2)n1. The molecule has 0 spiro atoms. The molecule has 2 aromatic heterocycles. The van der Waals surface area contributed by atoms with Crippen molar-refractivity contribution in [3.05, 3.63) is 30.1 Å². The van der Waals surface area contributed by atoms with E-state index in [1.807, 2.05) is 12.4 Å². The molecule has 3 N–H and O–H groups in total. The first-order valence-electron chi connectivity index (χ1n) is 11.9. The van der Waals surface area contributed by atoms with Gasteiger partial charge in [-0.1, -0.05) is 33.3 Å². The molecule has 0 amide bonds. The third kappa shape index (κ3) is 6.87. The Balaban J connectivity index is 1.80. The maximum atomic E-state index is 9.84. The van der Waals surface area contributed by atoms with Crippen molar-refractivity contribution in [1.29, 1.82) is 0 Å². The van der Waals surface area contributed by atoms with Gasteiger partial charge in [0, 0.05) is 31.5 Å². The van der Waals surface area contributed by atoms with Crippen molar-refractivity contribution in [3.8, 4) is 11.3 Å². The Morgan fingerprint density at radius 1 is 1.03 bits per heavy atom. The molecule has 2 heterocycles. The highest BCUT2D eigenvalue weighted by Crippen LogP contribution is 2.29. The van der Waals surface area contributed by atoms with Crippen molar-refractivity contribution < 1.29 is 5.11 Å². The van der Waals surface area contributed by atoms with Crippen molar-refractivity contribution >= 4 is 11.8 Å². The third-order valence-electron chi connectivity index (χ3n) is 6.04. The predicted octanol–water partition coefficient (Wildman–Crippen LogP) is 4.31. The quantitative estimate of drug-likeness (QED) is 0.462. The number of unbranched alkanes of at least 4 members (excludes halogenated alkanes) is 1. The van der Waals surface area contributed by atoms with Crippen LogP contribution in [0, 0.1) is 0 Å². The minimum absolute atomic E-state index is 0.172. The second-order valence-corrected chi connectivity index (χ2v) is 8.40. The number of nitrogens with zero attached hydrogens (tertiary/aromatic N) is 4. The van der Waals surface area contributed by atoms with Crippen LogP contribution in [0.15, 0.2) is 24.5 Å². The monoisotopic (exact) mass is 426 g/mol. The van der Waals surface area contributed by atoms with Gasteiger partial charge in [0.25, 0.3) is 0 Å². The van der Waals surface area contributed by atoms with Gasteiger partial charge in [-0.2, -0.15) is 4.98 Å². The second kappa shape index (κ2) is 12.0. The van der Waals surface area contributed by atoms with Gasteiger partial charge in [-0.15, -0.1) is 0 Å². The van der Waals surface area contributed by atoms with E-state index in [2.05, 4.69) is 53.4 Å². The van der Waals surface area contributed by atoms with Gasteiger partial charge in [-0.3, -0.25) is 9.88 Å². The Bertz CT molecular complexity index is 785. The van der Waals surface area contributed by atoms with E-state index in [0.29, 0.717) is 12.0 Å². The average Bonchev–Trinajstić information content (AvgIpc) is 2.80. The van der Waals surface area contributed by atoms with Gasteiger partial charge in [0.15, 0.2) is 0 Å². The lowest BCUT2D eigenvalue weighted by Gasteiger charge is -2.27. The Labute approximate surface area is 186 Å². The number of hydrogen-bond acceptors (Lipinski definition) is 7. The van der Waals surface area contributed by atoms with E-state index < -0.39 is 0 Å². The summed E-state index contributed by atoms with van der Waals surface area (Å²) in [5.41, 5.74) is 3.00. The van der Waals surface area contributed by atoms with Gasteiger partial charge in [-0.05, 0) is 56.8 Å². The molecule has 170 valence electrons. The van der Waals surface area contributed by atoms with Gasteiger partial charge >= 0.3 is 0 Å². The highest BCUT2D eigenvalue weighted by Gasteiger charge is 2.21. The Kier molecular flexibility index (Phi) is 9.03. The molecule has 7 nitrogen and oxygen atoms in total. The Morgan fingerprint density at radius 2 is 1.81 bits per heavy atom. The fourth-order valence-electron chi connectivity index (χ4n) is 3.94. The van der Waals surface area contributed by atoms with Crippen molar-refractivity contribution in [2.24, 2.45) is 0 Å². The Morgan fingerprint density at radius 3 is 2.45 bits per heavy atom. The van der Waals surface area contributed by atoms with E-state index in [9.17, 15) is 5.11 Å². The molecule has 1 saturated carbocycles. The van der Waals surface area contributed by atoms with E-state index in [1.54, 1.807) is 0 Å². The fourth-order valence-corrected chi connectivity index (χ4v) is 3.94. The normalized spacial score (nSPS) is 18.9. The van der Waals surface area contributed by atoms with Crippen LogP contribution in [0.1, 0.15) is 64.9 Å². The van der Waals surface area contributed by atoms with E-state index >= 15 is 0 Å². The first-order chi connectivity index (χ1) is 15.1. The zero-order valence-corrected chi connectivity index (χ0v) is 19.3. The maximum Gasteiger partial charge on any atom is 0.224 e. The highest BCUT2D eigenvalue weighted by atomic mass is 16.3. The average molecular weight is 427 g/mol. The molecule has 0 bridgehead atoms. The number of aromatic nitrogens is 3. The first-order valence-corrected chi connectivity index (χ1v) is 11.9. The van der Waals surface area contributed by atoms with Crippen LogP contribution in [0.3, 0.4) is 0 Å². The molecule has 0 aliphatic heterocycles. The van der Waals surface area contributed by atoms with Gasteiger partial charge in [0.2, 0.25) is 5.95 Å². The molecule has 0 saturated heterocycles. The molecular formula is C24H38N6O. The first kappa shape index (κ1) is 23.4. The zero-order valence-electron chi connectivity index (χ0n) is 19.3. The molecule has 0 aromatic carbocycles. The largest absolute Gasteiger partial charge is 0.393 e. The van der Waals surface area contributed by atoms with Crippen LogP contribution in [-0.4, -0.2) is 56.7 Å². The van der Waals surface area contributed by atoms with E-state index in [-0.39, 0.29) is 6.10 Å². The highest BCUT2D eigenvalue weighted by molar-refractivity contribution is 5.72. The summed E-state index contributed by atoms with van der Waals surface area (Å²) >= 11 is 0. The maximum absolute atomic E-state index is 9.84. The minimum atomic E-state index is -0.172. The number of rotatable bonds is 11. The van der Waals surface area contributed by atoms with Crippen molar-refractivity contribution in [2.45, 2.75) is 78.0 Å². The summed E-state index contributed by atoms with van der Waals surface area (Å²) < 4.78 is 0. The zero-order chi connectivity index (χ0) is 22.1. The van der Waals surface area contributed by atoms with Crippen LogP contribution >= 0.6 is 0 Å². The number of hydrogen-bond donors (Lipinski definition) is 3. The Hall–Kier alpha value is -2.25. The summed E-state index contributed by atoms with van der Waals surface area (Å²) in [6, 6.07) is 4.52. The van der Waals surface area contributed by atoms with Crippen molar-refractivity contribution in [1.82, 2.24) is 19.9 Å². The lowest BCUT2D eigenvalue weighted by atomic mass is 9.93. The summed E-state index contributed by atoms with van der Waals surface area (Å²) in [7, 11) is 0. The topological polar surface area (TPSA) is 86.2 Å². The smallest absolute Gasteiger partial charge is 0.224 e. The number of pyridine rings is 1. The van der Waals surface area contributed by atoms with E-state index in [4.69, 9.17) is 9.97 Å². The fraction of sp³-hybridized carbons (Fsp3) is 0.625. The summed E-state index contributed by atoms with van der Waals surface area (Å²) in [6.45, 7) is 10.4. The molecule has 2 aromatic rings. The number of anilines is 2. The number of nitrogens with one attached hydrogen (secondary N) is 2. The molecule has 1 aliphatic rings. The molecule has 0 unspecified atom stereocenters. The van der Waals surface area contributed by atoms with Crippen LogP contribution in [-0.2, 0) is 6.54 Å². The summed E-state index contributed by atoms with van der Waals surface area (Å²) in [5.74, 6) is 1.47. The van der Waals surface area contributed by atoms with Crippen molar-refractivity contribution in [2.75, 3.05) is 30.3 Å². The van der Waals surface area contributed by atoms with Gasteiger partial charge < -0.3 is 15.7 Å². The lowest BCUT2D eigenvalue weighted by Crippen LogP contribution is -2.29. The van der Waals surface area contributed by atoms with Crippen molar-refractivity contribution in [3.63, 3.8) is 0 Å². The third-order valence-corrected chi connectivity index (χ3v) is 6.04. The summed E-state index contributed by atoms with van der Waals surface area (Å²) in [6.07, 6.45) is 9.42. The molecule has 0 atom stereocenters. The van der Waals surface area contributed by atoms with Crippen LogP contribution in [0.4, 0.5) is 11.8 Å². The molecule has 0 radical (unpaired) electrons. The number of aliphatic hydroxyl groups excluding tert-OH is 1. The molecular weight excluding hydrogens is 388 g/mol. The van der Waals surface area contributed by atoms with Crippen LogP contribution in [0.5, 0.6) is 0 Å². The summed E-state index contributed by atoms with van der Waals surface area (Å²) in [4.78, 5) is 16.4. The number of aliphatic hydroxyl groups is 1. The standard InChI is InChI=1S/C24H38N6O/c1-4-7-14-25-24-27-16-21(23(29-24)28-19-9-11-20(31)12-10-19)22-13-8-18(15-26-22)17-30(5-2)6-3/h8,13,15-16,19-20,31H,4-7,9-12,14,17H2,1-3H3,(H2,25,27,28,29). The van der Waals surface area contributed by atoms with Crippen LogP contribution in [0.25, 0.3) is 11.3 Å².